The van der Waals surface area contributed by atoms with Crippen LogP contribution in [0.4, 0.5) is 4.39 Å². The van der Waals surface area contributed by atoms with Gasteiger partial charge in [-0.3, -0.25) is 4.90 Å². The highest BCUT2D eigenvalue weighted by molar-refractivity contribution is 5.20. The van der Waals surface area contributed by atoms with E-state index in [4.69, 9.17) is 5.73 Å². The third kappa shape index (κ3) is 3.77. The number of hydrogen-bond acceptors (Lipinski definition) is 2. The maximum atomic E-state index is 13.8. The van der Waals surface area contributed by atoms with Gasteiger partial charge in [0.2, 0.25) is 0 Å². The Hall–Kier alpha value is -0.930. The first kappa shape index (κ1) is 16.1. The molecular weight excluding hydrogens is 239 g/mol. The quantitative estimate of drug-likeness (QED) is 0.882. The monoisotopic (exact) mass is 266 g/mol. The van der Waals surface area contributed by atoms with Gasteiger partial charge in [-0.2, -0.15) is 0 Å². The van der Waals surface area contributed by atoms with E-state index >= 15 is 0 Å². The van der Waals surface area contributed by atoms with Crippen molar-refractivity contribution in [2.45, 2.75) is 46.2 Å². The van der Waals surface area contributed by atoms with Crippen molar-refractivity contribution in [2.75, 3.05) is 13.6 Å². The van der Waals surface area contributed by atoms with E-state index < -0.39 is 0 Å². The van der Waals surface area contributed by atoms with E-state index in [0.717, 1.165) is 12.1 Å². The maximum Gasteiger partial charge on any atom is 0.127 e. The molecule has 1 aromatic carbocycles. The first-order valence-electron chi connectivity index (χ1n) is 6.80. The summed E-state index contributed by atoms with van der Waals surface area (Å²) in [6, 6.07) is 6.98. The molecule has 0 saturated heterocycles. The molecule has 1 unspecified atom stereocenters. The second-order valence-corrected chi connectivity index (χ2v) is 6.72. The molecule has 1 rings (SSSR count). The predicted octanol–water partition coefficient (Wildman–Crippen LogP) is 3.58. The molecule has 0 aromatic heterocycles. The van der Waals surface area contributed by atoms with Crippen molar-refractivity contribution < 1.29 is 4.39 Å². The average molecular weight is 266 g/mol. The van der Waals surface area contributed by atoms with Crippen LogP contribution in [0, 0.1) is 11.2 Å². The normalized spacial score (nSPS) is 14.8. The van der Waals surface area contributed by atoms with Crippen molar-refractivity contribution in [3.05, 3.63) is 35.6 Å². The lowest BCUT2D eigenvalue weighted by Crippen LogP contribution is -2.52. The van der Waals surface area contributed by atoms with Gasteiger partial charge in [-0.05, 0) is 39.3 Å². The topological polar surface area (TPSA) is 29.3 Å². The van der Waals surface area contributed by atoms with Gasteiger partial charge in [-0.25, -0.2) is 4.39 Å². The van der Waals surface area contributed by atoms with Crippen LogP contribution in [0.2, 0.25) is 0 Å². The molecular formula is C16H27FN2. The smallest absolute Gasteiger partial charge is 0.127 e. The molecule has 1 atom stereocenters. The molecule has 2 nitrogen and oxygen atoms in total. The fourth-order valence-corrected chi connectivity index (χ4v) is 2.02. The summed E-state index contributed by atoms with van der Waals surface area (Å²) in [5, 5.41) is 0. The lowest BCUT2D eigenvalue weighted by atomic mass is 9.74. The number of halogens is 1. The molecule has 108 valence electrons. The van der Waals surface area contributed by atoms with E-state index in [1.807, 2.05) is 40.0 Å². The fraction of sp³-hybridized carbons (Fsp3) is 0.625. The van der Waals surface area contributed by atoms with Gasteiger partial charge >= 0.3 is 0 Å². The van der Waals surface area contributed by atoms with Gasteiger partial charge in [0.1, 0.15) is 5.82 Å². The third-order valence-corrected chi connectivity index (χ3v) is 4.41. The van der Waals surface area contributed by atoms with Crippen molar-refractivity contribution in [1.29, 1.82) is 0 Å². The van der Waals surface area contributed by atoms with Crippen LogP contribution in [-0.2, 0) is 0 Å². The highest BCUT2D eigenvalue weighted by Gasteiger charge is 2.35. The second kappa shape index (κ2) is 5.59. The number of nitrogens with two attached hydrogens (primary N) is 1. The van der Waals surface area contributed by atoms with Crippen molar-refractivity contribution in [3.63, 3.8) is 0 Å². The van der Waals surface area contributed by atoms with Crippen molar-refractivity contribution >= 4 is 0 Å². The van der Waals surface area contributed by atoms with Crippen LogP contribution < -0.4 is 5.73 Å². The lowest BCUT2D eigenvalue weighted by molar-refractivity contribution is 0.106. The minimum Gasteiger partial charge on any atom is -0.325 e. The summed E-state index contributed by atoms with van der Waals surface area (Å²) >= 11 is 0. The van der Waals surface area contributed by atoms with Gasteiger partial charge in [0.05, 0.1) is 0 Å². The molecule has 0 spiro atoms. The maximum absolute atomic E-state index is 13.8. The Bertz CT molecular complexity index is 421. The molecule has 1 aromatic rings. The number of hydrogen-bond donors (Lipinski definition) is 1. The molecule has 3 heteroatoms. The van der Waals surface area contributed by atoms with Crippen LogP contribution in [0.5, 0.6) is 0 Å². The molecule has 0 aliphatic heterocycles. The summed E-state index contributed by atoms with van der Waals surface area (Å²) in [6.07, 6.45) is 0. The molecule has 0 heterocycles. The largest absolute Gasteiger partial charge is 0.325 e. The van der Waals surface area contributed by atoms with Crippen molar-refractivity contribution in [1.82, 2.24) is 4.90 Å². The van der Waals surface area contributed by atoms with Gasteiger partial charge in [0.15, 0.2) is 0 Å². The SMILES string of the molecule is CC(c1ccccc1F)N(C)CC(C)(C)C(C)(C)N. The van der Waals surface area contributed by atoms with Gasteiger partial charge in [-0.1, -0.05) is 32.0 Å². The second-order valence-electron chi connectivity index (χ2n) is 6.72. The summed E-state index contributed by atoms with van der Waals surface area (Å²) < 4.78 is 13.8. The Labute approximate surface area is 116 Å². The Morgan fingerprint density at radius 3 is 2.21 bits per heavy atom. The van der Waals surface area contributed by atoms with E-state index in [2.05, 4.69) is 18.7 Å². The average Bonchev–Trinajstić information content (AvgIpc) is 2.26. The minimum absolute atomic E-state index is 0.0304. The molecule has 2 N–H and O–H groups in total. The summed E-state index contributed by atoms with van der Waals surface area (Å²) in [5.41, 5.74) is 6.63. The number of benzene rings is 1. The molecule has 0 fully saturated rings. The highest BCUT2D eigenvalue weighted by Crippen LogP contribution is 2.32. The lowest BCUT2D eigenvalue weighted by Gasteiger charge is -2.42. The van der Waals surface area contributed by atoms with Crippen molar-refractivity contribution in [2.24, 2.45) is 11.1 Å². The molecule has 0 radical (unpaired) electrons. The van der Waals surface area contributed by atoms with E-state index in [1.165, 1.54) is 6.07 Å². The molecule has 0 saturated carbocycles. The first-order valence-corrected chi connectivity index (χ1v) is 6.80. The summed E-state index contributed by atoms with van der Waals surface area (Å²) in [5.74, 6) is -0.147. The molecule has 0 aliphatic rings. The molecule has 19 heavy (non-hydrogen) atoms. The highest BCUT2D eigenvalue weighted by atomic mass is 19.1. The Morgan fingerprint density at radius 1 is 1.21 bits per heavy atom. The fourth-order valence-electron chi connectivity index (χ4n) is 2.02. The van der Waals surface area contributed by atoms with Crippen LogP contribution in [0.25, 0.3) is 0 Å². The Kier molecular flexibility index (Phi) is 4.75. The van der Waals surface area contributed by atoms with Gasteiger partial charge in [0, 0.05) is 23.7 Å². The van der Waals surface area contributed by atoms with Crippen LogP contribution in [0.3, 0.4) is 0 Å². The number of nitrogens with zero attached hydrogens (tertiary/aromatic N) is 1. The zero-order valence-electron chi connectivity index (χ0n) is 13.0. The minimum atomic E-state index is -0.282. The van der Waals surface area contributed by atoms with Gasteiger partial charge < -0.3 is 5.73 Å². The van der Waals surface area contributed by atoms with E-state index in [0.29, 0.717) is 0 Å². The molecule has 0 aliphatic carbocycles. The standard InChI is InChI=1S/C16H27FN2/c1-12(13-9-7-8-10-14(13)17)19(6)11-15(2,3)16(4,5)18/h7-10,12H,11,18H2,1-6H3. The summed E-state index contributed by atoms with van der Waals surface area (Å²) in [4.78, 5) is 2.16. The van der Waals surface area contributed by atoms with Crippen LogP contribution in [-0.4, -0.2) is 24.0 Å². The van der Waals surface area contributed by atoms with Gasteiger partial charge in [0.25, 0.3) is 0 Å². The predicted molar refractivity (Wildman–Crippen MR) is 79.5 cm³/mol. The zero-order chi connectivity index (χ0) is 14.8. The molecule has 0 bridgehead atoms. The van der Waals surface area contributed by atoms with E-state index in [9.17, 15) is 4.39 Å². The van der Waals surface area contributed by atoms with Crippen LogP contribution in [0.15, 0.2) is 24.3 Å². The van der Waals surface area contributed by atoms with E-state index in [1.54, 1.807) is 6.07 Å². The number of rotatable bonds is 5. The molecule has 0 amide bonds. The van der Waals surface area contributed by atoms with Crippen molar-refractivity contribution in [3.8, 4) is 0 Å². The summed E-state index contributed by atoms with van der Waals surface area (Å²) in [6.45, 7) is 11.2. The van der Waals surface area contributed by atoms with E-state index in [-0.39, 0.29) is 22.8 Å². The Balaban J connectivity index is 2.85. The van der Waals surface area contributed by atoms with Crippen LogP contribution in [0.1, 0.15) is 46.2 Å². The first-order chi connectivity index (χ1) is 8.56. The summed E-state index contributed by atoms with van der Waals surface area (Å²) in [7, 11) is 2.02. The van der Waals surface area contributed by atoms with Crippen LogP contribution >= 0.6 is 0 Å². The Morgan fingerprint density at radius 2 is 1.74 bits per heavy atom. The van der Waals surface area contributed by atoms with Gasteiger partial charge in [-0.15, -0.1) is 0 Å². The third-order valence-electron chi connectivity index (χ3n) is 4.41. The zero-order valence-corrected chi connectivity index (χ0v) is 13.0.